The van der Waals surface area contributed by atoms with Gasteiger partial charge in [-0.25, -0.2) is 0 Å². The zero-order valence-corrected chi connectivity index (χ0v) is 23.0. The van der Waals surface area contributed by atoms with E-state index in [-0.39, 0.29) is 30.0 Å². The Bertz CT molecular complexity index is 742. The molecule has 1 aliphatic carbocycles. The summed E-state index contributed by atoms with van der Waals surface area (Å²) >= 11 is 0. The molecule has 0 aromatic heterocycles. The molecule has 32 heavy (non-hydrogen) atoms. The van der Waals surface area contributed by atoms with Crippen molar-refractivity contribution < 1.29 is 8.95 Å². The van der Waals surface area contributed by atoms with Crippen LogP contribution in [0.15, 0.2) is 29.3 Å². The van der Waals surface area contributed by atoms with Crippen LogP contribution in [0.25, 0.3) is 0 Å². The Kier molecular flexibility index (Phi) is 12.3. The van der Waals surface area contributed by atoms with Gasteiger partial charge < -0.3 is 15.4 Å². The molecule has 1 aliphatic heterocycles. The van der Waals surface area contributed by atoms with Crippen LogP contribution in [-0.4, -0.2) is 65.4 Å². The minimum Gasteiger partial charge on any atom is -0.497 e. The van der Waals surface area contributed by atoms with Crippen molar-refractivity contribution in [1.29, 1.82) is 0 Å². The van der Waals surface area contributed by atoms with E-state index in [1.54, 1.807) is 7.11 Å². The first kappa shape index (κ1) is 27.4. The van der Waals surface area contributed by atoms with Gasteiger partial charge in [-0.15, -0.1) is 24.0 Å². The van der Waals surface area contributed by atoms with Crippen LogP contribution in [0.5, 0.6) is 5.75 Å². The van der Waals surface area contributed by atoms with Crippen LogP contribution in [0, 0.1) is 0 Å². The number of nitrogens with zero attached hydrogens (tertiary/aromatic N) is 2. The molecule has 8 heteroatoms. The normalized spacial score (nSPS) is 23.8. The Labute approximate surface area is 213 Å². The third-order valence-corrected chi connectivity index (χ3v) is 8.19. The smallest absolute Gasteiger partial charge is 0.191 e. The van der Waals surface area contributed by atoms with Gasteiger partial charge in [-0.2, -0.15) is 0 Å². The highest BCUT2D eigenvalue weighted by molar-refractivity contribution is 14.0. The van der Waals surface area contributed by atoms with Gasteiger partial charge in [0.05, 0.1) is 19.7 Å². The Morgan fingerprint density at radius 1 is 1.25 bits per heavy atom. The predicted octanol–water partition coefficient (Wildman–Crippen LogP) is 4.09. The summed E-state index contributed by atoms with van der Waals surface area (Å²) < 4.78 is 17.8. The zero-order valence-electron chi connectivity index (χ0n) is 19.8. The Balaban J connectivity index is 0.00000363. The van der Waals surface area contributed by atoms with Gasteiger partial charge in [-0.3, -0.25) is 14.1 Å². The van der Waals surface area contributed by atoms with E-state index in [0.717, 1.165) is 62.8 Å². The van der Waals surface area contributed by atoms with Crippen molar-refractivity contribution >= 4 is 40.7 Å². The van der Waals surface area contributed by atoms with E-state index in [1.807, 2.05) is 13.0 Å². The van der Waals surface area contributed by atoms with E-state index < -0.39 is 10.8 Å². The molecular formula is C24H41IN4O2S. The van der Waals surface area contributed by atoms with E-state index in [2.05, 4.69) is 40.7 Å². The number of ether oxygens (including phenoxy) is 1. The van der Waals surface area contributed by atoms with Gasteiger partial charge in [-0.1, -0.05) is 25.5 Å². The maximum Gasteiger partial charge on any atom is 0.191 e. The van der Waals surface area contributed by atoms with Crippen molar-refractivity contribution in [1.82, 2.24) is 15.5 Å². The third-order valence-electron chi connectivity index (χ3n) is 6.45. The highest BCUT2D eigenvalue weighted by atomic mass is 127. The fourth-order valence-electron chi connectivity index (χ4n) is 4.78. The highest BCUT2D eigenvalue weighted by Crippen LogP contribution is 2.28. The van der Waals surface area contributed by atoms with E-state index >= 15 is 0 Å². The van der Waals surface area contributed by atoms with E-state index in [1.165, 1.54) is 18.4 Å². The van der Waals surface area contributed by atoms with Crippen LogP contribution in [-0.2, 0) is 10.8 Å². The number of likely N-dealkylation sites (tertiary alicyclic amines) is 1. The fraction of sp³-hybridized carbons (Fsp3) is 0.708. The lowest BCUT2D eigenvalue weighted by molar-refractivity contribution is 0.251. The SMILES string of the molecule is CCNC(=NCC(c1cccc(OC)c1)N1CCCC1)NC1CCCC(S(=O)CC)C1.I. The average molecular weight is 577 g/mol. The van der Waals surface area contributed by atoms with Gasteiger partial charge in [0.1, 0.15) is 5.75 Å². The van der Waals surface area contributed by atoms with Crippen LogP contribution in [0.4, 0.5) is 0 Å². The molecule has 2 fully saturated rings. The molecule has 0 spiro atoms. The van der Waals surface area contributed by atoms with Crippen LogP contribution in [0.3, 0.4) is 0 Å². The molecule has 3 rings (SSSR count). The quantitative estimate of drug-likeness (QED) is 0.264. The average Bonchev–Trinajstić information content (AvgIpc) is 3.33. The number of rotatable bonds is 9. The van der Waals surface area contributed by atoms with Gasteiger partial charge in [0, 0.05) is 34.4 Å². The first-order chi connectivity index (χ1) is 15.1. The summed E-state index contributed by atoms with van der Waals surface area (Å²) in [6.07, 6.45) is 6.80. The molecule has 0 radical (unpaired) electrons. The summed E-state index contributed by atoms with van der Waals surface area (Å²) in [6, 6.07) is 8.99. The summed E-state index contributed by atoms with van der Waals surface area (Å²) in [7, 11) is 1.01. The number of halogens is 1. The number of nitrogens with one attached hydrogen (secondary N) is 2. The molecule has 4 unspecified atom stereocenters. The maximum atomic E-state index is 12.3. The van der Waals surface area contributed by atoms with Gasteiger partial charge in [-0.05, 0) is 69.8 Å². The molecule has 1 aromatic rings. The highest BCUT2D eigenvalue weighted by Gasteiger charge is 2.27. The van der Waals surface area contributed by atoms with Crippen molar-refractivity contribution in [3.8, 4) is 5.75 Å². The minimum absolute atomic E-state index is 0. The molecule has 2 N–H and O–H groups in total. The molecular weight excluding hydrogens is 535 g/mol. The van der Waals surface area contributed by atoms with Crippen molar-refractivity contribution in [2.75, 3.05) is 39.0 Å². The van der Waals surface area contributed by atoms with E-state index in [4.69, 9.17) is 9.73 Å². The zero-order chi connectivity index (χ0) is 22.1. The van der Waals surface area contributed by atoms with Gasteiger partial charge in [0.15, 0.2) is 5.96 Å². The van der Waals surface area contributed by atoms with Crippen molar-refractivity contribution in [2.45, 2.75) is 69.7 Å². The Morgan fingerprint density at radius 3 is 2.72 bits per heavy atom. The van der Waals surface area contributed by atoms with Gasteiger partial charge in [0.2, 0.25) is 0 Å². The molecule has 1 heterocycles. The van der Waals surface area contributed by atoms with Crippen molar-refractivity contribution in [3.63, 3.8) is 0 Å². The van der Waals surface area contributed by atoms with Gasteiger partial charge >= 0.3 is 0 Å². The Hall–Kier alpha value is -0.870. The predicted molar refractivity (Wildman–Crippen MR) is 146 cm³/mol. The molecule has 0 amide bonds. The molecule has 6 nitrogen and oxygen atoms in total. The molecule has 4 atom stereocenters. The minimum atomic E-state index is -0.713. The summed E-state index contributed by atoms with van der Waals surface area (Å²) in [6.45, 7) is 7.90. The standard InChI is InChI=1S/C24H40N4O2S.HI/c1-4-25-24(27-20-11-9-13-22(17-20)31(29)5-2)26-18-23(28-14-6-7-15-28)19-10-8-12-21(16-19)30-3;/h8,10,12,16,20,22-23H,4-7,9,11,13-15,17-18H2,1-3H3,(H2,25,26,27);1H. The van der Waals surface area contributed by atoms with E-state index in [9.17, 15) is 4.21 Å². The second-order valence-electron chi connectivity index (χ2n) is 8.55. The number of benzene rings is 1. The second kappa shape index (κ2) is 14.4. The number of hydrogen-bond donors (Lipinski definition) is 2. The monoisotopic (exact) mass is 576 g/mol. The molecule has 1 saturated heterocycles. The van der Waals surface area contributed by atoms with Crippen molar-refractivity contribution in [2.24, 2.45) is 4.99 Å². The number of methoxy groups -OCH3 is 1. The maximum absolute atomic E-state index is 12.3. The summed E-state index contributed by atoms with van der Waals surface area (Å²) in [5, 5.41) is 7.39. The van der Waals surface area contributed by atoms with Crippen LogP contribution >= 0.6 is 24.0 Å². The Morgan fingerprint density at radius 2 is 2.03 bits per heavy atom. The number of guanidine groups is 1. The second-order valence-corrected chi connectivity index (χ2v) is 10.6. The lowest BCUT2D eigenvalue weighted by atomic mass is 9.95. The number of hydrogen-bond acceptors (Lipinski definition) is 4. The number of aliphatic imine (C=N–C) groups is 1. The van der Waals surface area contributed by atoms with Crippen LogP contribution in [0.2, 0.25) is 0 Å². The first-order valence-corrected chi connectivity index (χ1v) is 13.3. The lowest BCUT2D eigenvalue weighted by Gasteiger charge is -2.31. The molecule has 1 saturated carbocycles. The van der Waals surface area contributed by atoms with Crippen molar-refractivity contribution in [3.05, 3.63) is 29.8 Å². The molecule has 2 aliphatic rings. The fourth-order valence-corrected chi connectivity index (χ4v) is 6.12. The summed E-state index contributed by atoms with van der Waals surface area (Å²) in [5.74, 6) is 2.53. The molecule has 1 aromatic carbocycles. The molecule has 0 bridgehead atoms. The first-order valence-electron chi connectivity index (χ1n) is 11.9. The summed E-state index contributed by atoms with van der Waals surface area (Å²) in [4.78, 5) is 7.56. The summed E-state index contributed by atoms with van der Waals surface area (Å²) in [5.41, 5.74) is 1.26. The van der Waals surface area contributed by atoms with E-state index in [0.29, 0.717) is 17.8 Å². The largest absolute Gasteiger partial charge is 0.497 e. The topological polar surface area (TPSA) is 66.0 Å². The van der Waals surface area contributed by atoms with Gasteiger partial charge in [0.25, 0.3) is 0 Å². The molecule has 182 valence electrons. The van der Waals surface area contributed by atoms with Crippen LogP contribution in [0.1, 0.15) is 64.0 Å². The lowest BCUT2D eigenvalue weighted by Crippen LogP contribution is -2.47. The van der Waals surface area contributed by atoms with Crippen LogP contribution < -0.4 is 15.4 Å². The third kappa shape index (κ3) is 7.87.